The Labute approximate surface area is 234 Å². The van der Waals surface area contributed by atoms with E-state index in [0.717, 1.165) is 17.1 Å². The number of halogens is 2. The first-order valence-corrected chi connectivity index (χ1v) is 14.5. The Morgan fingerprint density at radius 2 is 1.55 bits per heavy atom. The van der Waals surface area contributed by atoms with Gasteiger partial charge < -0.3 is 10.2 Å². The Bertz CT molecular complexity index is 1340. The van der Waals surface area contributed by atoms with Crippen LogP contribution >= 0.6 is 23.2 Å². The molecule has 0 aliphatic heterocycles. The van der Waals surface area contributed by atoms with Gasteiger partial charge in [-0.1, -0.05) is 79.0 Å². The highest BCUT2D eigenvalue weighted by Gasteiger charge is 2.32. The van der Waals surface area contributed by atoms with Crippen molar-refractivity contribution in [2.24, 2.45) is 0 Å². The van der Waals surface area contributed by atoms with Crippen molar-refractivity contribution in [2.75, 3.05) is 17.4 Å². The second kappa shape index (κ2) is 13.6. The number of carbonyl (C=O) groups excluding carboxylic acids is 2. The largest absolute Gasteiger partial charge is 0.354 e. The normalized spacial score (nSPS) is 12.0. The minimum Gasteiger partial charge on any atom is -0.354 e. The first-order chi connectivity index (χ1) is 18.1. The Balaban J connectivity index is 1.97. The summed E-state index contributed by atoms with van der Waals surface area (Å²) in [7, 11) is -4.08. The van der Waals surface area contributed by atoms with Crippen LogP contribution in [-0.4, -0.2) is 44.3 Å². The van der Waals surface area contributed by atoms with Gasteiger partial charge in [0.2, 0.25) is 11.8 Å². The number of hydrogen-bond donors (Lipinski definition) is 1. The molecule has 202 valence electrons. The molecule has 1 N–H and O–H groups in total. The minimum absolute atomic E-state index is 0.0338. The molecule has 0 fully saturated rings. The van der Waals surface area contributed by atoms with Crippen LogP contribution in [0.3, 0.4) is 0 Å². The number of sulfonamides is 1. The van der Waals surface area contributed by atoms with Crippen LogP contribution in [0, 0.1) is 0 Å². The quantitative estimate of drug-likeness (QED) is 0.288. The molecule has 0 aliphatic rings. The highest BCUT2D eigenvalue weighted by atomic mass is 35.5. The summed E-state index contributed by atoms with van der Waals surface area (Å²) < 4.78 is 28.4. The Morgan fingerprint density at radius 3 is 2.16 bits per heavy atom. The summed E-state index contributed by atoms with van der Waals surface area (Å²) in [5, 5.41) is 3.53. The average Bonchev–Trinajstić information content (AvgIpc) is 2.92. The summed E-state index contributed by atoms with van der Waals surface area (Å²) in [4.78, 5) is 28.2. The molecule has 0 radical (unpaired) electrons. The van der Waals surface area contributed by atoms with Gasteiger partial charge in [0.15, 0.2) is 0 Å². The molecule has 0 heterocycles. The number of rotatable bonds is 12. The van der Waals surface area contributed by atoms with Gasteiger partial charge in [0, 0.05) is 13.1 Å². The molecule has 1 atom stereocenters. The van der Waals surface area contributed by atoms with Crippen molar-refractivity contribution in [2.45, 2.75) is 44.2 Å². The third kappa shape index (κ3) is 7.49. The minimum atomic E-state index is -4.08. The third-order valence-corrected chi connectivity index (χ3v) is 8.52. The van der Waals surface area contributed by atoms with E-state index in [-0.39, 0.29) is 17.3 Å². The molecular formula is C28H31Cl2N3O4S. The zero-order valence-electron chi connectivity index (χ0n) is 21.3. The van der Waals surface area contributed by atoms with Crippen LogP contribution in [0.5, 0.6) is 0 Å². The molecule has 0 bridgehead atoms. The summed E-state index contributed by atoms with van der Waals surface area (Å²) in [5.74, 6) is -0.874. The second-order valence-corrected chi connectivity index (χ2v) is 11.4. The molecule has 0 saturated carbocycles. The smallest absolute Gasteiger partial charge is 0.264 e. The van der Waals surface area contributed by atoms with Gasteiger partial charge in [-0.3, -0.25) is 13.9 Å². The lowest BCUT2D eigenvalue weighted by Gasteiger charge is -2.32. The highest BCUT2D eigenvalue weighted by Crippen LogP contribution is 2.26. The van der Waals surface area contributed by atoms with Crippen LogP contribution in [0.25, 0.3) is 0 Å². The second-order valence-electron chi connectivity index (χ2n) is 8.75. The molecule has 10 heteroatoms. The first kappa shape index (κ1) is 29.5. The van der Waals surface area contributed by atoms with Gasteiger partial charge in [-0.25, -0.2) is 8.42 Å². The lowest BCUT2D eigenvalue weighted by Crippen LogP contribution is -2.51. The van der Waals surface area contributed by atoms with Crippen LogP contribution in [0.2, 0.25) is 10.0 Å². The van der Waals surface area contributed by atoms with E-state index in [4.69, 9.17) is 23.2 Å². The predicted octanol–water partition coefficient (Wildman–Crippen LogP) is 5.52. The number of benzene rings is 3. The Hall–Kier alpha value is -3.07. The predicted molar refractivity (Wildman–Crippen MR) is 152 cm³/mol. The van der Waals surface area contributed by atoms with E-state index < -0.39 is 28.5 Å². The fraction of sp³-hybridized carbons (Fsp3) is 0.286. The van der Waals surface area contributed by atoms with E-state index in [0.29, 0.717) is 27.8 Å². The van der Waals surface area contributed by atoms with Crippen LogP contribution in [0.4, 0.5) is 5.69 Å². The van der Waals surface area contributed by atoms with Crippen molar-refractivity contribution in [1.82, 2.24) is 10.2 Å². The topological polar surface area (TPSA) is 86.8 Å². The summed E-state index contributed by atoms with van der Waals surface area (Å²) in [5.41, 5.74) is 0.984. The number of hydrogen-bond acceptors (Lipinski definition) is 4. The van der Waals surface area contributed by atoms with Gasteiger partial charge in [-0.15, -0.1) is 0 Å². The Morgan fingerprint density at radius 1 is 0.921 bits per heavy atom. The maximum atomic E-state index is 13.8. The number of amides is 2. The molecule has 0 unspecified atom stereocenters. The average molecular weight is 577 g/mol. The zero-order valence-corrected chi connectivity index (χ0v) is 23.6. The van der Waals surface area contributed by atoms with E-state index >= 15 is 0 Å². The lowest BCUT2D eigenvalue weighted by atomic mass is 10.1. The van der Waals surface area contributed by atoms with Crippen LogP contribution in [0.1, 0.15) is 32.3 Å². The molecular weight excluding hydrogens is 545 g/mol. The van der Waals surface area contributed by atoms with Crippen molar-refractivity contribution >= 4 is 50.7 Å². The maximum Gasteiger partial charge on any atom is 0.264 e. The summed E-state index contributed by atoms with van der Waals surface area (Å²) in [6.07, 6.45) is 1.71. The monoisotopic (exact) mass is 575 g/mol. The van der Waals surface area contributed by atoms with Crippen LogP contribution in [-0.2, 0) is 26.2 Å². The van der Waals surface area contributed by atoms with E-state index in [2.05, 4.69) is 5.32 Å². The first-order valence-electron chi connectivity index (χ1n) is 12.3. The molecule has 3 rings (SSSR count). The summed E-state index contributed by atoms with van der Waals surface area (Å²) >= 11 is 12.3. The number of nitrogens with zero attached hydrogens (tertiary/aromatic N) is 2. The van der Waals surface area contributed by atoms with E-state index in [1.54, 1.807) is 73.7 Å². The summed E-state index contributed by atoms with van der Waals surface area (Å²) in [6.45, 7) is 3.64. The van der Waals surface area contributed by atoms with Gasteiger partial charge in [0.05, 0.1) is 20.6 Å². The van der Waals surface area contributed by atoms with Gasteiger partial charge in [-0.05, 0) is 55.3 Å². The molecule has 0 spiro atoms. The van der Waals surface area contributed by atoms with Crippen molar-refractivity contribution in [1.29, 1.82) is 0 Å². The maximum absolute atomic E-state index is 13.8. The molecule has 0 aromatic heterocycles. The molecule has 0 saturated heterocycles. The van der Waals surface area contributed by atoms with Crippen molar-refractivity contribution in [3.63, 3.8) is 0 Å². The standard InChI is InChI=1S/C28H31Cl2N3O4S/c1-3-4-17-31-28(35)21(2)32(19-22-15-16-25(29)26(30)18-22)27(34)20-33(23-11-7-5-8-12-23)38(36,37)24-13-9-6-10-14-24/h5-16,18,21H,3-4,17,19-20H2,1-2H3,(H,31,35)/t21-/m1/s1. The van der Waals surface area contributed by atoms with Gasteiger partial charge in [0.25, 0.3) is 10.0 Å². The van der Waals surface area contributed by atoms with E-state index in [9.17, 15) is 18.0 Å². The number of nitrogens with one attached hydrogen (secondary N) is 1. The zero-order chi connectivity index (χ0) is 27.7. The Kier molecular flexibility index (Phi) is 10.6. The number of unbranched alkanes of at least 4 members (excludes halogenated alkanes) is 1. The van der Waals surface area contributed by atoms with Crippen molar-refractivity contribution in [3.8, 4) is 0 Å². The summed E-state index contributed by atoms with van der Waals surface area (Å²) in [6, 6.07) is 20.4. The number of anilines is 1. The molecule has 38 heavy (non-hydrogen) atoms. The van der Waals surface area contributed by atoms with E-state index in [1.807, 2.05) is 6.92 Å². The number of carbonyl (C=O) groups is 2. The van der Waals surface area contributed by atoms with Crippen molar-refractivity contribution < 1.29 is 18.0 Å². The van der Waals surface area contributed by atoms with E-state index in [1.165, 1.54) is 17.0 Å². The van der Waals surface area contributed by atoms with Crippen LogP contribution in [0.15, 0.2) is 83.8 Å². The third-order valence-electron chi connectivity index (χ3n) is 5.99. The molecule has 3 aromatic carbocycles. The molecule has 7 nitrogen and oxygen atoms in total. The highest BCUT2D eigenvalue weighted by molar-refractivity contribution is 7.92. The number of para-hydroxylation sites is 1. The van der Waals surface area contributed by atoms with Gasteiger partial charge in [0.1, 0.15) is 12.6 Å². The fourth-order valence-electron chi connectivity index (χ4n) is 3.80. The molecule has 0 aliphatic carbocycles. The lowest BCUT2D eigenvalue weighted by molar-refractivity contribution is -0.139. The molecule has 3 aromatic rings. The SMILES string of the molecule is CCCCNC(=O)[C@@H](C)N(Cc1ccc(Cl)c(Cl)c1)C(=O)CN(c1ccccc1)S(=O)(=O)c1ccccc1. The van der Waals surface area contributed by atoms with Crippen molar-refractivity contribution in [3.05, 3.63) is 94.5 Å². The van der Waals surface area contributed by atoms with Crippen LogP contribution < -0.4 is 9.62 Å². The molecule has 2 amide bonds. The fourth-order valence-corrected chi connectivity index (χ4v) is 5.55. The van der Waals surface area contributed by atoms with Gasteiger partial charge in [-0.2, -0.15) is 0 Å². The van der Waals surface area contributed by atoms with Gasteiger partial charge >= 0.3 is 0 Å².